The van der Waals surface area contributed by atoms with Crippen molar-refractivity contribution in [1.82, 2.24) is 0 Å². The van der Waals surface area contributed by atoms with Crippen LogP contribution in [0.5, 0.6) is 5.75 Å². The first-order chi connectivity index (χ1) is 14.3. The van der Waals surface area contributed by atoms with Gasteiger partial charge in [0.2, 0.25) is 0 Å². The molecule has 1 aromatic rings. The smallest absolute Gasteiger partial charge is 0.118 e. The normalized spacial score (nSPS) is 27.4. The first-order valence-electron chi connectivity index (χ1n) is 12.1. The molecule has 0 spiro atoms. The van der Waals surface area contributed by atoms with Gasteiger partial charge >= 0.3 is 0 Å². The van der Waals surface area contributed by atoms with Crippen LogP contribution in [0, 0.1) is 35.5 Å². The second-order valence-corrected chi connectivity index (χ2v) is 9.39. The summed E-state index contributed by atoms with van der Waals surface area (Å²) in [6, 6.07) is 7.96. The second kappa shape index (κ2) is 12.1. The third-order valence-electron chi connectivity index (χ3n) is 7.30. The van der Waals surface area contributed by atoms with Gasteiger partial charge in [-0.1, -0.05) is 76.2 Å². The molecule has 1 nitrogen and oxygen atoms in total. The maximum Gasteiger partial charge on any atom is 0.118 e. The third kappa shape index (κ3) is 7.58. The molecule has 1 heteroatoms. The number of rotatable bonds is 7. The van der Waals surface area contributed by atoms with Gasteiger partial charge in [0.15, 0.2) is 0 Å². The molecule has 2 aliphatic carbocycles. The molecule has 0 N–H and O–H groups in total. The fourth-order valence-electron chi connectivity index (χ4n) is 5.34. The van der Waals surface area contributed by atoms with Gasteiger partial charge in [-0.15, -0.1) is 0 Å². The Balaban J connectivity index is 1.31. The Morgan fingerprint density at radius 3 is 1.93 bits per heavy atom. The lowest BCUT2D eigenvalue weighted by molar-refractivity contribution is 0.221. The summed E-state index contributed by atoms with van der Waals surface area (Å²) < 4.78 is 5.19. The molecule has 2 aliphatic rings. The summed E-state index contributed by atoms with van der Waals surface area (Å²) in [4.78, 5) is 0. The highest BCUT2D eigenvalue weighted by molar-refractivity contribution is 5.40. The van der Waals surface area contributed by atoms with Gasteiger partial charge in [-0.3, -0.25) is 0 Å². The number of allylic oxidation sites excluding steroid dienone is 2. The zero-order valence-corrected chi connectivity index (χ0v) is 18.7. The highest BCUT2D eigenvalue weighted by Crippen LogP contribution is 2.37. The van der Waals surface area contributed by atoms with Crippen LogP contribution in [0.2, 0.25) is 0 Å². The summed E-state index contributed by atoms with van der Waals surface area (Å²) >= 11 is 0. The molecule has 2 fully saturated rings. The Hall–Kier alpha value is -1.68. The monoisotopic (exact) mass is 392 g/mol. The molecule has 29 heavy (non-hydrogen) atoms. The molecule has 0 aromatic heterocycles. The van der Waals surface area contributed by atoms with Gasteiger partial charge in [-0.2, -0.15) is 0 Å². The SMILES string of the molecule is CCC[C@H]1CC[C@H](CCC2CCC(/C=C/C#Cc3ccc(OC)cc3)CC2)CC1. The molecule has 0 atom stereocenters. The van der Waals surface area contributed by atoms with Crippen molar-refractivity contribution in [3.63, 3.8) is 0 Å². The van der Waals surface area contributed by atoms with E-state index in [0.717, 1.165) is 35.0 Å². The maximum atomic E-state index is 5.19. The average Bonchev–Trinajstić information content (AvgIpc) is 2.78. The standard InChI is InChI=1S/C28H40O/c1-3-6-23-9-13-26(14-10-23)17-18-27-15-11-24(12-16-27)7-4-5-8-25-19-21-28(29-2)22-20-25/h4,7,19-24,26-27H,3,6,9-18H2,1-2H3/b7-4+/t23-,24?,26-,27?. The van der Waals surface area contributed by atoms with E-state index in [1.165, 1.54) is 77.0 Å². The quantitative estimate of drug-likeness (QED) is 0.430. The summed E-state index contributed by atoms with van der Waals surface area (Å²) in [6.07, 6.45) is 21.8. The minimum atomic E-state index is 0.737. The molecule has 3 rings (SSSR count). The van der Waals surface area contributed by atoms with Crippen molar-refractivity contribution in [1.29, 1.82) is 0 Å². The average molecular weight is 393 g/mol. The van der Waals surface area contributed by atoms with Gasteiger partial charge in [0.1, 0.15) is 5.75 Å². The van der Waals surface area contributed by atoms with Gasteiger partial charge < -0.3 is 4.74 Å². The van der Waals surface area contributed by atoms with Gasteiger partial charge in [0, 0.05) is 5.56 Å². The first-order valence-corrected chi connectivity index (χ1v) is 12.1. The van der Waals surface area contributed by atoms with E-state index >= 15 is 0 Å². The van der Waals surface area contributed by atoms with Gasteiger partial charge in [0.25, 0.3) is 0 Å². The molecule has 0 amide bonds. The highest BCUT2D eigenvalue weighted by Gasteiger charge is 2.23. The van der Waals surface area contributed by atoms with Crippen molar-refractivity contribution < 1.29 is 4.74 Å². The molecule has 158 valence electrons. The van der Waals surface area contributed by atoms with Crippen LogP contribution in [-0.2, 0) is 0 Å². The lowest BCUT2D eigenvalue weighted by Crippen LogP contribution is -2.17. The third-order valence-corrected chi connectivity index (χ3v) is 7.30. The summed E-state index contributed by atoms with van der Waals surface area (Å²) in [6.45, 7) is 2.34. The number of hydrogen-bond acceptors (Lipinski definition) is 1. The molecular weight excluding hydrogens is 352 g/mol. The van der Waals surface area contributed by atoms with E-state index in [9.17, 15) is 0 Å². The predicted molar refractivity (Wildman–Crippen MR) is 124 cm³/mol. The minimum Gasteiger partial charge on any atom is -0.497 e. The molecule has 0 saturated heterocycles. The van der Waals surface area contributed by atoms with Crippen molar-refractivity contribution in [3.8, 4) is 17.6 Å². The molecule has 0 bridgehead atoms. The molecule has 0 heterocycles. The Bertz CT molecular complexity index is 659. The zero-order valence-electron chi connectivity index (χ0n) is 18.7. The lowest BCUT2D eigenvalue weighted by Gasteiger charge is -2.31. The van der Waals surface area contributed by atoms with Crippen molar-refractivity contribution in [2.24, 2.45) is 23.7 Å². The van der Waals surface area contributed by atoms with E-state index in [4.69, 9.17) is 4.74 Å². The number of hydrogen-bond donors (Lipinski definition) is 0. The summed E-state index contributed by atoms with van der Waals surface area (Å²) in [5, 5.41) is 0. The molecule has 1 aromatic carbocycles. The van der Waals surface area contributed by atoms with E-state index in [1.54, 1.807) is 7.11 Å². The zero-order chi connectivity index (χ0) is 20.3. The van der Waals surface area contributed by atoms with Crippen LogP contribution in [0.1, 0.15) is 89.5 Å². The van der Waals surface area contributed by atoms with Crippen molar-refractivity contribution in [2.75, 3.05) is 7.11 Å². The van der Waals surface area contributed by atoms with E-state index < -0.39 is 0 Å². The molecule has 0 unspecified atom stereocenters. The molecule has 0 radical (unpaired) electrons. The van der Waals surface area contributed by atoms with Crippen LogP contribution < -0.4 is 4.74 Å². The van der Waals surface area contributed by atoms with Crippen LogP contribution in [0.25, 0.3) is 0 Å². The van der Waals surface area contributed by atoms with E-state index in [-0.39, 0.29) is 0 Å². The van der Waals surface area contributed by atoms with Gasteiger partial charge in [-0.05, 0) is 79.7 Å². The fourth-order valence-corrected chi connectivity index (χ4v) is 5.34. The van der Waals surface area contributed by atoms with Crippen molar-refractivity contribution in [3.05, 3.63) is 42.0 Å². The largest absolute Gasteiger partial charge is 0.497 e. The molecule has 2 saturated carbocycles. The van der Waals surface area contributed by atoms with Gasteiger partial charge in [-0.25, -0.2) is 0 Å². The number of methoxy groups -OCH3 is 1. The van der Waals surface area contributed by atoms with Gasteiger partial charge in [0.05, 0.1) is 7.11 Å². The summed E-state index contributed by atoms with van der Waals surface area (Å²) in [5.41, 5.74) is 1.04. The highest BCUT2D eigenvalue weighted by atomic mass is 16.5. The maximum absolute atomic E-state index is 5.19. The fraction of sp³-hybridized carbons (Fsp3) is 0.643. The van der Waals surface area contributed by atoms with Crippen LogP contribution in [0.15, 0.2) is 36.4 Å². The topological polar surface area (TPSA) is 9.23 Å². The Labute approximate surface area is 179 Å². The van der Waals surface area contributed by atoms with E-state index in [1.807, 2.05) is 24.3 Å². The summed E-state index contributed by atoms with van der Waals surface area (Å²) in [7, 11) is 1.69. The Morgan fingerprint density at radius 1 is 0.828 bits per heavy atom. The van der Waals surface area contributed by atoms with Crippen LogP contribution in [0.3, 0.4) is 0 Å². The van der Waals surface area contributed by atoms with E-state index in [2.05, 4.69) is 30.9 Å². The summed E-state index contributed by atoms with van der Waals surface area (Å²) in [5.74, 6) is 11.1. The molecular formula is C28H40O. The van der Waals surface area contributed by atoms with E-state index in [0.29, 0.717) is 0 Å². The Kier molecular flexibility index (Phi) is 9.20. The minimum absolute atomic E-state index is 0.737. The lowest BCUT2D eigenvalue weighted by atomic mass is 9.75. The predicted octanol–water partition coefficient (Wildman–Crippen LogP) is 7.80. The van der Waals surface area contributed by atoms with Crippen LogP contribution in [-0.4, -0.2) is 7.11 Å². The Morgan fingerprint density at radius 2 is 1.38 bits per heavy atom. The molecule has 0 aliphatic heterocycles. The second-order valence-electron chi connectivity index (χ2n) is 9.39. The van der Waals surface area contributed by atoms with Crippen LogP contribution >= 0.6 is 0 Å². The number of ether oxygens (including phenoxy) is 1. The van der Waals surface area contributed by atoms with Crippen molar-refractivity contribution >= 4 is 0 Å². The number of benzene rings is 1. The first kappa shape index (κ1) is 22.0. The van der Waals surface area contributed by atoms with Crippen molar-refractivity contribution in [2.45, 2.75) is 84.0 Å². The van der Waals surface area contributed by atoms with Crippen LogP contribution in [0.4, 0.5) is 0 Å².